The van der Waals surface area contributed by atoms with E-state index < -0.39 is 0 Å². The number of nitrogen functional groups attached to an aromatic ring is 1. The van der Waals surface area contributed by atoms with E-state index in [0.29, 0.717) is 36.2 Å². The molecule has 3 N–H and O–H groups in total. The smallest absolute Gasteiger partial charge is 0.257 e. The Bertz CT molecular complexity index is 447. The molecule has 0 aliphatic carbocycles. The number of benzene rings is 1. The summed E-state index contributed by atoms with van der Waals surface area (Å²) in [5.74, 6) is 0.339. The van der Waals surface area contributed by atoms with E-state index in [1.54, 1.807) is 18.2 Å². The van der Waals surface area contributed by atoms with Crippen LogP contribution in [0.3, 0.4) is 0 Å². The molecule has 0 spiro atoms. The molecule has 5 nitrogen and oxygen atoms in total. The van der Waals surface area contributed by atoms with Gasteiger partial charge in [0.1, 0.15) is 11.3 Å². The van der Waals surface area contributed by atoms with Gasteiger partial charge in [-0.25, -0.2) is 0 Å². The van der Waals surface area contributed by atoms with Crippen LogP contribution >= 0.6 is 0 Å². The molecule has 0 bridgehead atoms. The average Bonchev–Trinajstić information content (AvgIpc) is 2.38. The lowest BCUT2D eigenvalue weighted by molar-refractivity contribution is 0.0945. The summed E-state index contributed by atoms with van der Waals surface area (Å²) in [6, 6.07) is 5.70. The lowest BCUT2D eigenvalue weighted by atomic mass is 10.1. The fourth-order valence-corrected chi connectivity index (χ4v) is 1.76. The molecule has 1 amide bonds. The van der Waals surface area contributed by atoms with Gasteiger partial charge in [0.15, 0.2) is 0 Å². The van der Waals surface area contributed by atoms with Gasteiger partial charge in [-0.1, -0.05) is 6.07 Å². The predicted molar refractivity (Wildman–Crippen MR) is 82.1 cm³/mol. The Morgan fingerprint density at radius 1 is 1.45 bits per heavy atom. The van der Waals surface area contributed by atoms with Crippen molar-refractivity contribution in [3.8, 4) is 5.75 Å². The second-order valence-corrected chi connectivity index (χ2v) is 4.98. The molecule has 20 heavy (non-hydrogen) atoms. The van der Waals surface area contributed by atoms with Gasteiger partial charge in [0.2, 0.25) is 0 Å². The molecule has 0 radical (unpaired) electrons. The average molecular weight is 279 g/mol. The zero-order chi connectivity index (χ0) is 15.1. The number of likely N-dealkylation sites (N-methyl/N-ethyl adjacent to an activating group) is 1. The van der Waals surface area contributed by atoms with Crippen LogP contribution < -0.4 is 15.8 Å². The summed E-state index contributed by atoms with van der Waals surface area (Å²) in [6.07, 6.45) is 0. The standard InChI is InChI=1S/C15H25N3O2/c1-5-20-13-8-6-7-12(16)14(13)15(19)17-9-10-18(4)11(2)3/h6-8,11H,5,9-10,16H2,1-4H3,(H,17,19). The van der Waals surface area contributed by atoms with Crippen molar-refractivity contribution in [3.05, 3.63) is 23.8 Å². The number of carbonyl (C=O) groups excluding carboxylic acids is 1. The first kappa shape index (κ1) is 16.3. The second kappa shape index (κ2) is 7.75. The Labute approximate surface area is 121 Å². The lowest BCUT2D eigenvalue weighted by Crippen LogP contribution is -2.36. The Kier molecular flexibility index (Phi) is 6.31. The minimum atomic E-state index is -0.191. The van der Waals surface area contributed by atoms with Crippen molar-refractivity contribution in [2.45, 2.75) is 26.8 Å². The minimum absolute atomic E-state index is 0.191. The summed E-state index contributed by atoms with van der Waals surface area (Å²) < 4.78 is 5.45. The van der Waals surface area contributed by atoms with Gasteiger partial charge in [0.05, 0.1) is 6.61 Å². The summed E-state index contributed by atoms with van der Waals surface area (Å²) >= 11 is 0. The van der Waals surface area contributed by atoms with E-state index >= 15 is 0 Å². The van der Waals surface area contributed by atoms with E-state index in [9.17, 15) is 4.79 Å². The second-order valence-electron chi connectivity index (χ2n) is 4.98. The lowest BCUT2D eigenvalue weighted by Gasteiger charge is -2.21. The molecule has 5 heteroatoms. The maximum absolute atomic E-state index is 12.2. The number of hydrogen-bond donors (Lipinski definition) is 2. The Morgan fingerprint density at radius 3 is 2.75 bits per heavy atom. The number of anilines is 1. The van der Waals surface area contributed by atoms with Crippen molar-refractivity contribution in [2.24, 2.45) is 0 Å². The third-order valence-electron chi connectivity index (χ3n) is 3.22. The monoisotopic (exact) mass is 279 g/mol. The maximum Gasteiger partial charge on any atom is 0.257 e. The van der Waals surface area contributed by atoms with Gasteiger partial charge in [0.25, 0.3) is 5.91 Å². The molecule has 0 saturated heterocycles. The van der Waals surface area contributed by atoms with Crippen LogP contribution in [0.4, 0.5) is 5.69 Å². The first-order valence-corrected chi connectivity index (χ1v) is 6.97. The third kappa shape index (κ3) is 4.42. The van der Waals surface area contributed by atoms with E-state index in [1.165, 1.54) is 0 Å². The molecule has 0 aromatic heterocycles. The van der Waals surface area contributed by atoms with Crippen molar-refractivity contribution >= 4 is 11.6 Å². The third-order valence-corrected chi connectivity index (χ3v) is 3.22. The van der Waals surface area contributed by atoms with Crippen LogP contribution in [-0.2, 0) is 0 Å². The van der Waals surface area contributed by atoms with Crippen molar-refractivity contribution in [2.75, 3.05) is 32.5 Å². The van der Waals surface area contributed by atoms with Gasteiger partial charge in [-0.15, -0.1) is 0 Å². The summed E-state index contributed by atoms with van der Waals surface area (Å²) in [6.45, 7) is 7.98. The molecule has 0 atom stereocenters. The summed E-state index contributed by atoms with van der Waals surface area (Å²) in [5, 5.41) is 2.88. The van der Waals surface area contributed by atoms with Crippen LogP contribution in [0.5, 0.6) is 5.75 Å². The first-order valence-electron chi connectivity index (χ1n) is 6.97. The van der Waals surface area contributed by atoms with Crippen molar-refractivity contribution in [3.63, 3.8) is 0 Å². The van der Waals surface area contributed by atoms with Crippen LogP contribution in [0.25, 0.3) is 0 Å². The van der Waals surface area contributed by atoms with E-state index in [2.05, 4.69) is 24.1 Å². The number of nitrogens with zero attached hydrogens (tertiary/aromatic N) is 1. The molecule has 1 rings (SSSR count). The highest BCUT2D eigenvalue weighted by atomic mass is 16.5. The maximum atomic E-state index is 12.2. The highest BCUT2D eigenvalue weighted by Crippen LogP contribution is 2.24. The minimum Gasteiger partial charge on any atom is -0.493 e. The fraction of sp³-hybridized carbons (Fsp3) is 0.533. The van der Waals surface area contributed by atoms with E-state index in [4.69, 9.17) is 10.5 Å². The molecular formula is C15H25N3O2. The van der Waals surface area contributed by atoms with Crippen molar-refractivity contribution in [1.82, 2.24) is 10.2 Å². The summed E-state index contributed by atoms with van der Waals surface area (Å²) in [5.41, 5.74) is 6.73. The molecule has 0 aliphatic heterocycles. The van der Waals surface area contributed by atoms with Crippen LogP contribution in [0.1, 0.15) is 31.1 Å². The highest BCUT2D eigenvalue weighted by Gasteiger charge is 2.15. The van der Waals surface area contributed by atoms with Crippen LogP contribution in [0.15, 0.2) is 18.2 Å². The first-order chi connectivity index (χ1) is 9.47. The fourth-order valence-electron chi connectivity index (χ4n) is 1.76. The number of hydrogen-bond acceptors (Lipinski definition) is 4. The topological polar surface area (TPSA) is 67.6 Å². The summed E-state index contributed by atoms with van der Waals surface area (Å²) in [7, 11) is 2.03. The van der Waals surface area contributed by atoms with Gasteiger partial charge >= 0.3 is 0 Å². The van der Waals surface area contributed by atoms with Crippen LogP contribution in [0, 0.1) is 0 Å². The number of nitrogens with one attached hydrogen (secondary N) is 1. The molecule has 0 fully saturated rings. The van der Waals surface area contributed by atoms with E-state index in [1.807, 2.05) is 14.0 Å². The van der Waals surface area contributed by atoms with Gasteiger partial charge in [-0.05, 0) is 40.0 Å². The quantitative estimate of drug-likeness (QED) is 0.746. The van der Waals surface area contributed by atoms with Crippen LogP contribution in [-0.4, -0.2) is 43.6 Å². The van der Waals surface area contributed by atoms with Crippen molar-refractivity contribution in [1.29, 1.82) is 0 Å². The van der Waals surface area contributed by atoms with Gasteiger partial charge in [-0.2, -0.15) is 0 Å². The predicted octanol–water partition coefficient (Wildman–Crippen LogP) is 1.74. The zero-order valence-electron chi connectivity index (χ0n) is 12.8. The Morgan fingerprint density at radius 2 is 2.15 bits per heavy atom. The molecule has 1 aromatic carbocycles. The molecule has 112 valence electrons. The SMILES string of the molecule is CCOc1cccc(N)c1C(=O)NCCN(C)C(C)C. The summed E-state index contributed by atoms with van der Waals surface area (Å²) in [4.78, 5) is 14.4. The molecule has 1 aromatic rings. The Balaban J connectivity index is 2.68. The number of rotatable bonds is 7. The van der Waals surface area contributed by atoms with Gasteiger partial charge < -0.3 is 20.7 Å². The van der Waals surface area contributed by atoms with E-state index in [-0.39, 0.29) is 5.91 Å². The number of nitrogens with two attached hydrogens (primary N) is 1. The van der Waals surface area contributed by atoms with Gasteiger partial charge in [0, 0.05) is 24.8 Å². The molecular weight excluding hydrogens is 254 g/mol. The Hall–Kier alpha value is -1.75. The van der Waals surface area contributed by atoms with Crippen LogP contribution in [0.2, 0.25) is 0 Å². The largest absolute Gasteiger partial charge is 0.493 e. The molecule has 0 unspecified atom stereocenters. The highest BCUT2D eigenvalue weighted by molar-refractivity contribution is 6.01. The van der Waals surface area contributed by atoms with E-state index in [0.717, 1.165) is 6.54 Å². The van der Waals surface area contributed by atoms with Crippen molar-refractivity contribution < 1.29 is 9.53 Å². The molecule has 0 saturated carbocycles. The number of carbonyl (C=O) groups is 1. The number of ether oxygens (including phenoxy) is 1. The normalized spacial score (nSPS) is 10.9. The van der Waals surface area contributed by atoms with Gasteiger partial charge in [-0.3, -0.25) is 4.79 Å². The molecule has 0 aliphatic rings. The zero-order valence-corrected chi connectivity index (χ0v) is 12.8. The molecule has 0 heterocycles. The number of amides is 1.